The number of aliphatic hydroxyl groups is 1. The number of rotatable bonds is 1. The molecule has 1 nitrogen and oxygen atoms in total. The zero-order valence-corrected chi connectivity index (χ0v) is 10.5. The topological polar surface area (TPSA) is 20.2 Å². The van der Waals surface area contributed by atoms with Crippen molar-refractivity contribution < 1.29 is 9.50 Å². The first kappa shape index (κ1) is 11.9. The van der Waals surface area contributed by atoms with E-state index in [-0.39, 0.29) is 11.2 Å². The Labute approximate surface area is 100 Å². The van der Waals surface area contributed by atoms with Crippen LogP contribution < -0.4 is 0 Å². The highest BCUT2D eigenvalue weighted by molar-refractivity contribution is 7.99. The molecular weight excluding hydrogens is 223 g/mol. The molecule has 0 bridgehead atoms. The van der Waals surface area contributed by atoms with Gasteiger partial charge in [0, 0.05) is 5.75 Å². The van der Waals surface area contributed by atoms with Crippen LogP contribution in [0.2, 0.25) is 0 Å². The fourth-order valence-electron chi connectivity index (χ4n) is 2.34. The average Bonchev–Trinajstić information content (AvgIpc) is 2.16. The maximum absolute atomic E-state index is 12.8. The van der Waals surface area contributed by atoms with Crippen molar-refractivity contribution in [1.82, 2.24) is 0 Å². The standard InChI is InChI=1S/C13H17FOS/c1-12(2)7-13(15,9-16-8-12)10-3-5-11(14)6-4-10/h3-6,15H,7-9H2,1-2H3. The molecule has 1 aromatic rings. The van der Waals surface area contributed by atoms with E-state index in [1.807, 2.05) is 0 Å². The minimum Gasteiger partial charge on any atom is -0.384 e. The predicted octanol–water partition coefficient (Wildman–Crippen LogP) is 3.18. The first-order valence-corrected chi connectivity index (χ1v) is 6.63. The molecule has 1 atom stereocenters. The lowest BCUT2D eigenvalue weighted by Gasteiger charge is -2.41. The molecule has 88 valence electrons. The van der Waals surface area contributed by atoms with Crippen molar-refractivity contribution in [3.63, 3.8) is 0 Å². The Hall–Kier alpha value is -0.540. The third-order valence-corrected chi connectivity index (χ3v) is 4.65. The number of hydrogen-bond acceptors (Lipinski definition) is 2. The largest absolute Gasteiger partial charge is 0.384 e. The lowest BCUT2D eigenvalue weighted by molar-refractivity contribution is 0.0156. The van der Waals surface area contributed by atoms with Crippen molar-refractivity contribution in [3.05, 3.63) is 35.6 Å². The van der Waals surface area contributed by atoms with Gasteiger partial charge >= 0.3 is 0 Å². The van der Waals surface area contributed by atoms with E-state index in [4.69, 9.17) is 0 Å². The monoisotopic (exact) mass is 240 g/mol. The molecule has 0 saturated carbocycles. The molecule has 1 N–H and O–H groups in total. The molecule has 0 amide bonds. The second-order valence-electron chi connectivity index (χ2n) is 5.37. The van der Waals surface area contributed by atoms with E-state index in [9.17, 15) is 9.50 Å². The van der Waals surface area contributed by atoms with Gasteiger partial charge < -0.3 is 5.11 Å². The zero-order chi connectivity index (χ0) is 11.8. The van der Waals surface area contributed by atoms with E-state index in [2.05, 4.69) is 13.8 Å². The normalized spacial score (nSPS) is 29.0. The van der Waals surface area contributed by atoms with Gasteiger partial charge in [-0.25, -0.2) is 4.39 Å². The molecule has 1 unspecified atom stereocenters. The molecule has 0 aliphatic carbocycles. The maximum Gasteiger partial charge on any atom is 0.123 e. The van der Waals surface area contributed by atoms with E-state index < -0.39 is 5.60 Å². The zero-order valence-electron chi connectivity index (χ0n) is 9.66. The second-order valence-corrected chi connectivity index (χ2v) is 6.36. The third-order valence-electron chi connectivity index (χ3n) is 2.99. The van der Waals surface area contributed by atoms with Crippen molar-refractivity contribution in [2.75, 3.05) is 11.5 Å². The molecule has 1 aliphatic heterocycles. The van der Waals surface area contributed by atoms with Gasteiger partial charge in [0.1, 0.15) is 5.82 Å². The summed E-state index contributed by atoms with van der Waals surface area (Å²) in [6.45, 7) is 4.32. The highest BCUT2D eigenvalue weighted by atomic mass is 32.2. The fourth-order valence-corrected chi connectivity index (χ4v) is 3.70. The summed E-state index contributed by atoms with van der Waals surface area (Å²) in [7, 11) is 0. The van der Waals surface area contributed by atoms with Gasteiger partial charge in [-0.2, -0.15) is 11.8 Å². The maximum atomic E-state index is 12.8. The van der Waals surface area contributed by atoms with Crippen molar-refractivity contribution in [2.45, 2.75) is 25.9 Å². The molecule has 0 aromatic heterocycles. The molecule has 3 heteroatoms. The Bertz CT molecular complexity index is 374. The van der Waals surface area contributed by atoms with Gasteiger partial charge in [-0.1, -0.05) is 26.0 Å². The van der Waals surface area contributed by atoms with Crippen molar-refractivity contribution in [2.24, 2.45) is 5.41 Å². The Morgan fingerprint density at radius 3 is 2.38 bits per heavy atom. The molecule has 0 radical (unpaired) electrons. The predicted molar refractivity (Wildman–Crippen MR) is 66.0 cm³/mol. The van der Waals surface area contributed by atoms with Crippen LogP contribution in [0.1, 0.15) is 25.8 Å². The van der Waals surface area contributed by atoms with Crippen LogP contribution in [0.4, 0.5) is 4.39 Å². The van der Waals surface area contributed by atoms with Gasteiger partial charge in [0.2, 0.25) is 0 Å². The van der Waals surface area contributed by atoms with Gasteiger partial charge in [-0.05, 0) is 35.3 Å². The summed E-state index contributed by atoms with van der Waals surface area (Å²) in [5.41, 5.74) is 0.154. The van der Waals surface area contributed by atoms with Gasteiger partial charge in [0.15, 0.2) is 0 Å². The van der Waals surface area contributed by atoms with E-state index in [0.29, 0.717) is 5.75 Å². The Morgan fingerprint density at radius 2 is 1.81 bits per heavy atom. The average molecular weight is 240 g/mol. The molecule has 1 saturated heterocycles. The highest BCUT2D eigenvalue weighted by Gasteiger charge is 2.40. The molecule has 1 aliphatic rings. The summed E-state index contributed by atoms with van der Waals surface area (Å²) in [5.74, 6) is 1.51. The third kappa shape index (κ3) is 2.41. The summed E-state index contributed by atoms with van der Waals surface area (Å²) in [5, 5.41) is 10.6. The number of hydrogen-bond donors (Lipinski definition) is 1. The smallest absolute Gasteiger partial charge is 0.123 e. The van der Waals surface area contributed by atoms with Crippen LogP contribution in [0.5, 0.6) is 0 Å². The molecule has 1 heterocycles. The summed E-state index contributed by atoms with van der Waals surface area (Å²) >= 11 is 1.76. The minimum absolute atomic E-state index is 0.131. The molecule has 16 heavy (non-hydrogen) atoms. The molecular formula is C13H17FOS. The fraction of sp³-hybridized carbons (Fsp3) is 0.538. The van der Waals surface area contributed by atoms with E-state index in [1.54, 1.807) is 23.9 Å². The number of halogens is 1. The Balaban J connectivity index is 2.27. The highest BCUT2D eigenvalue weighted by Crippen LogP contribution is 2.44. The van der Waals surface area contributed by atoms with Crippen LogP contribution >= 0.6 is 11.8 Å². The molecule has 1 fully saturated rings. The van der Waals surface area contributed by atoms with E-state index in [0.717, 1.165) is 17.7 Å². The lowest BCUT2D eigenvalue weighted by Crippen LogP contribution is -2.40. The molecule has 1 aromatic carbocycles. The van der Waals surface area contributed by atoms with Crippen LogP contribution in [-0.2, 0) is 5.60 Å². The number of benzene rings is 1. The first-order valence-electron chi connectivity index (χ1n) is 5.48. The molecule has 2 rings (SSSR count). The Kier molecular flexibility index (Phi) is 3.01. The lowest BCUT2D eigenvalue weighted by atomic mass is 9.78. The second kappa shape index (κ2) is 4.04. The summed E-state index contributed by atoms with van der Waals surface area (Å²) in [4.78, 5) is 0. The van der Waals surface area contributed by atoms with Crippen molar-refractivity contribution in [3.8, 4) is 0 Å². The Morgan fingerprint density at radius 1 is 1.19 bits per heavy atom. The van der Waals surface area contributed by atoms with Crippen molar-refractivity contribution >= 4 is 11.8 Å². The van der Waals surface area contributed by atoms with Gasteiger partial charge in [-0.3, -0.25) is 0 Å². The number of thioether (sulfide) groups is 1. The summed E-state index contributed by atoms with van der Waals surface area (Å²) in [6, 6.07) is 6.22. The van der Waals surface area contributed by atoms with Crippen LogP contribution in [-0.4, -0.2) is 16.6 Å². The van der Waals surface area contributed by atoms with E-state index >= 15 is 0 Å². The molecule has 0 spiro atoms. The van der Waals surface area contributed by atoms with E-state index in [1.165, 1.54) is 12.1 Å². The van der Waals surface area contributed by atoms with Crippen LogP contribution in [0.25, 0.3) is 0 Å². The SMILES string of the molecule is CC1(C)CSCC(O)(c2ccc(F)cc2)C1. The van der Waals surface area contributed by atoms with Gasteiger partial charge in [-0.15, -0.1) is 0 Å². The van der Waals surface area contributed by atoms with Crippen LogP contribution in [0, 0.1) is 11.2 Å². The van der Waals surface area contributed by atoms with Crippen LogP contribution in [0.15, 0.2) is 24.3 Å². The van der Waals surface area contributed by atoms with Gasteiger partial charge in [0.05, 0.1) is 5.60 Å². The quantitative estimate of drug-likeness (QED) is 0.813. The van der Waals surface area contributed by atoms with Crippen LogP contribution in [0.3, 0.4) is 0 Å². The van der Waals surface area contributed by atoms with Gasteiger partial charge in [0.25, 0.3) is 0 Å². The van der Waals surface area contributed by atoms with Crippen molar-refractivity contribution in [1.29, 1.82) is 0 Å². The summed E-state index contributed by atoms with van der Waals surface area (Å²) in [6.07, 6.45) is 0.735. The first-order chi connectivity index (χ1) is 7.41. The summed E-state index contributed by atoms with van der Waals surface area (Å²) < 4.78 is 12.8. The minimum atomic E-state index is -0.805.